The molecule has 23 heavy (non-hydrogen) atoms. The van der Waals surface area contributed by atoms with Gasteiger partial charge in [-0.25, -0.2) is 12.7 Å². The number of hydrogen-bond acceptors (Lipinski definition) is 3. The number of nitrogens with zero attached hydrogens (tertiary/aromatic N) is 1. The van der Waals surface area contributed by atoms with Crippen LogP contribution in [0.5, 0.6) is 0 Å². The van der Waals surface area contributed by atoms with Crippen molar-refractivity contribution in [3.8, 4) is 0 Å². The molecule has 0 saturated heterocycles. The van der Waals surface area contributed by atoms with Crippen LogP contribution in [0.1, 0.15) is 45.7 Å². The molecule has 1 aromatic rings. The lowest BCUT2D eigenvalue weighted by Crippen LogP contribution is -2.34. The minimum atomic E-state index is -3.47. The van der Waals surface area contributed by atoms with Gasteiger partial charge in [0.05, 0.1) is 10.9 Å². The van der Waals surface area contributed by atoms with Crippen LogP contribution in [0.3, 0.4) is 0 Å². The lowest BCUT2D eigenvalue weighted by molar-refractivity contribution is -0.126. The average Bonchev–Trinajstić information content (AvgIpc) is 2.53. The molecule has 1 aromatic carbocycles. The van der Waals surface area contributed by atoms with Gasteiger partial charge in [-0.1, -0.05) is 39.3 Å². The first-order valence-corrected chi connectivity index (χ1v) is 9.38. The van der Waals surface area contributed by atoms with Gasteiger partial charge in [-0.15, -0.1) is 0 Å². The standard InChI is InChI=1S/C17H28N2O3S/c1-7-12(2)13(3)17(20)18-14(4)15-9-8-10-16(11-15)23(21,22)19(5)6/h8-14H,7H2,1-6H3,(H,18,20)/t12-,13-,14-/m0/s1. The van der Waals surface area contributed by atoms with E-state index in [1.807, 2.05) is 19.9 Å². The maximum Gasteiger partial charge on any atom is 0.242 e. The fraction of sp³-hybridized carbons (Fsp3) is 0.588. The van der Waals surface area contributed by atoms with E-state index in [0.29, 0.717) is 5.92 Å². The maximum atomic E-state index is 12.3. The summed E-state index contributed by atoms with van der Waals surface area (Å²) in [6.07, 6.45) is 0.944. The van der Waals surface area contributed by atoms with Gasteiger partial charge in [-0.2, -0.15) is 0 Å². The Balaban J connectivity index is 2.94. The van der Waals surface area contributed by atoms with E-state index >= 15 is 0 Å². The van der Waals surface area contributed by atoms with Crippen LogP contribution in [0.25, 0.3) is 0 Å². The number of sulfonamides is 1. The summed E-state index contributed by atoms with van der Waals surface area (Å²) in [5.74, 6) is 0.228. The van der Waals surface area contributed by atoms with Crippen LogP contribution in [0.15, 0.2) is 29.2 Å². The second-order valence-electron chi connectivity index (χ2n) is 6.26. The van der Waals surface area contributed by atoms with E-state index in [2.05, 4.69) is 19.2 Å². The minimum Gasteiger partial charge on any atom is -0.349 e. The molecule has 0 radical (unpaired) electrons. The number of rotatable bonds is 7. The van der Waals surface area contributed by atoms with E-state index in [1.54, 1.807) is 18.2 Å². The minimum absolute atomic E-state index is 0.00674. The Morgan fingerprint density at radius 2 is 1.83 bits per heavy atom. The Morgan fingerprint density at radius 1 is 1.22 bits per heavy atom. The Labute approximate surface area is 140 Å². The van der Waals surface area contributed by atoms with E-state index in [9.17, 15) is 13.2 Å². The topological polar surface area (TPSA) is 66.5 Å². The molecule has 0 fully saturated rings. The van der Waals surface area contributed by atoms with Crippen LogP contribution >= 0.6 is 0 Å². The molecule has 3 atom stereocenters. The first-order chi connectivity index (χ1) is 10.6. The Kier molecular flexibility index (Phi) is 6.77. The van der Waals surface area contributed by atoms with Gasteiger partial charge in [0, 0.05) is 20.0 Å². The van der Waals surface area contributed by atoms with Gasteiger partial charge in [0.25, 0.3) is 0 Å². The van der Waals surface area contributed by atoms with E-state index in [4.69, 9.17) is 0 Å². The number of benzene rings is 1. The molecule has 1 amide bonds. The Morgan fingerprint density at radius 3 is 2.35 bits per heavy atom. The van der Waals surface area contributed by atoms with Crippen LogP contribution in [-0.4, -0.2) is 32.7 Å². The van der Waals surface area contributed by atoms with Gasteiger partial charge in [0.1, 0.15) is 0 Å². The van der Waals surface area contributed by atoms with Crippen molar-refractivity contribution in [2.75, 3.05) is 14.1 Å². The first kappa shape index (κ1) is 19.6. The highest BCUT2D eigenvalue weighted by atomic mass is 32.2. The third kappa shape index (κ3) is 4.78. The third-order valence-electron chi connectivity index (χ3n) is 4.41. The van der Waals surface area contributed by atoms with Crippen molar-refractivity contribution in [2.24, 2.45) is 11.8 Å². The molecule has 130 valence electrons. The number of carbonyl (C=O) groups excluding carboxylic acids is 1. The zero-order chi connectivity index (χ0) is 17.8. The fourth-order valence-electron chi connectivity index (χ4n) is 2.20. The molecule has 1 rings (SSSR count). The summed E-state index contributed by atoms with van der Waals surface area (Å²) in [7, 11) is -0.472. The number of carbonyl (C=O) groups is 1. The van der Waals surface area contributed by atoms with E-state index in [-0.39, 0.29) is 22.8 Å². The van der Waals surface area contributed by atoms with Gasteiger partial charge in [-0.05, 0) is 30.5 Å². The lowest BCUT2D eigenvalue weighted by Gasteiger charge is -2.22. The molecule has 0 aliphatic carbocycles. The normalized spacial score (nSPS) is 16.0. The zero-order valence-corrected chi connectivity index (χ0v) is 15.6. The van der Waals surface area contributed by atoms with E-state index < -0.39 is 10.0 Å². The SMILES string of the molecule is CC[C@H](C)[C@H](C)C(=O)N[C@@H](C)c1cccc(S(=O)(=O)N(C)C)c1. The fourth-order valence-corrected chi connectivity index (χ4v) is 3.15. The smallest absolute Gasteiger partial charge is 0.242 e. The molecule has 0 aliphatic heterocycles. The van der Waals surface area contributed by atoms with Gasteiger partial charge in [-0.3, -0.25) is 4.79 Å². The Hall–Kier alpha value is -1.40. The van der Waals surface area contributed by atoms with Crippen molar-refractivity contribution in [2.45, 2.75) is 45.1 Å². The van der Waals surface area contributed by atoms with Gasteiger partial charge < -0.3 is 5.32 Å². The molecular formula is C17H28N2O3S. The van der Waals surface area contributed by atoms with Crippen LogP contribution in [0.4, 0.5) is 0 Å². The largest absolute Gasteiger partial charge is 0.349 e. The quantitative estimate of drug-likeness (QED) is 0.830. The van der Waals surface area contributed by atoms with E-state index in [0.717, 1.165) is 12.0 Å². The van der Waals surface area contributed by atoms with Crippen molar-refractivity contribution in [1.29, 1.82) is 0 Å². The van der Waals surface area contributed by atoms with Crippen LogP contribution in [0, 0.1) is 11.8 Å². The number of hydrogen-bond donors (Lipinski definition) is 1. The predicted octanol–water partition coefficient (Wildman–Crippen LogP) is 2.80. The van der Waals surface area contributed by atoms with Crippen molar-refractivity contribution in [3.05, 3.63) is 29.8 Å². The van der Waals surface area contributed by atoms with Crippen LogP contribution in [0.2, 0.25) is 0 Å². The second-order valence-corrected chi connectivity index (χ2v) is 8.42. The second kappa shape index (κ2) is 7.93. The maximum absolute atomic E-state index is 12.3. The zero-order valence-electron chi connectivity index (χ0n) is 14.8. The molecule has 0 bridgehead atoms. The first-order valence-electron chi connectivity index (χ1n) is 7.94. The molecular weight excluding hydrogens is 312 g/mol. The highest BCUT2D eigenvalue weighted by Crippen LogP contribution is 2.21. The summed E-state index contributed by atoms with van der Waals surface area (Å²) in [6, 6.07) is 6.47. The highest BCUT2D eigenvalue weighted by Gasteiger charge is 2.22. The number of amides is 1. The molecule has 0 spiro atoms. The lowest BCUT2D eigenvalue weighted by atomic mass is 9.92. The van der Waals surface area contributed by atoms with Crippen LogP contribution < -0.4 is 5.32 Å². The van der Waals surface area contributed by atoms with Crippen molar-refractivity contribution >= 4 is 15.9 Å². The van der Waals surface area contributed by atoms with Crippen LogP contribution in [-0.2, 0) is 14.8 Å². The van der Waals surface area contributed by atoms with Crippen molar-refractivity contribution in [1.82, 2.24) is 9.62 Å². The molecule has 0 aromatic heterocycles. The summed E-state index contributed by atoms with van der Waals surface area (Å²) in [4.78, 5) is 12.5. The molecule has 0 aliphatic rings. The predicted molar refractivity (Wildman–Crippen MR) is 92.5 cm³/mol. The number of nitrogens with one attached hydrogen (secondary N) is 1. The van der Waals surface area contributed by atoms with Gasteiger partial charge in [0.15, 0.2) is 0 Å². The molecule has 0 unspecified atom stereocenters. The summed E-state index contributed by atoms with van der Waals surface area (Å²) in [5, 5.41) is 2.97. The third-order valence-corrected chi connectivity index (χ3v) is 6.22. The Bertz CT molecular complexity index is 641. The van der Waals surface area contributed by atoms with Gasteiger partial charge >= 0.3 is 0 Å². The summed E-state index contributed by atoms with van der Waals surface area (Å²) in [6.45, 7) is 7.90. The highest BCUT2D eigenvalue weighted by molar-refractivity contribution is 7.89. The summed E-state index contributed by atoms with van der Waals surface area (Å²) < 4.78 is 25.6. The van der Waals surface area contributed by atoms with E-state index in [1.165, 1.54) is 18.4 Å². The average molecular weight is 340 g/mol. The molecule has 1 N–H and O–H groups in total. The molecule has 5 nitrogen and oxygen atoms in total. The monoisotopic (exact) mass is 340 g/mol. The summed E-state index contributed by atoms with van der Waals surface area (Å²) >= 11 is 0. The summed E-state index contributed by atoms with van der Waals surface area (Å²) in [5.41, 5.74) is 0.776. The molecule has 6 heteroatoms. The molecule has 0 saturated carbocycles. The molecule has 0 heterocycles. The van der Waals surface area contributed by atoms with Gasteiger partial charge in [0.2, 0.25) is 15.9 Å². The van der Waals surface area contributed by atoms with Crippen molar-refractivity contribution in [3.63, 3.8) is 0 Å². The van der Waals surface area contributed by atoms with Crippen molar-refractivity contribution < 1.29 is 13.2 Å².